The molecule has 4 aromatic carbocycles. The van der Waals surface area contributed by atoms with E-state index in [-0.39, 0.29) is 5.41 Å². The normalized spacial score (nSPS) is 17.1. The van der Waals surface area contributed by atoms with E-state index in [0.717, 1.165) is 0 Å². The van der Waals surface area contributed by atoms with Gasteiger partial charge in [-0.1, -0.05) is 99.8 Å². The molecule has 0 N–H and O–H groups in total. The Balaban J connectivity index is 1.74. The Morgan fingerprint density at radius 1 is 0.643 bits per heavy atom. The van der Waals surface area contributed by atoms with Gasteiger partial charge in [0.25, 0.3) is 0 Å². The van der Waals surface area contributed by atoms with Gasteiger partial charge in [-0.3, -0.25) is 0 Å². The summed E-state index contributed by atoms with van der Waals surface area (Å²) < 4.78 is 0. The Hall–Kier alpha value is -2.64. The molecule has 28 heavy (non-hydrogen) atoms. The lowest BCUT2D eigenvalue weighted by molar-refractivity contribution is 0.666. The van der Waals surface area contributed by atoms with Crippen molar-refractivity contribution in [3.8, 4) is 22.3 Å². The second-order valence-corrected chi connectivity index (χ2v) is 13.8. The van der Waals surface area contributed by atoms with Gasteiger partial charge >= 0.3 is 0 Å². The second-order valence-electron chi connectivity index (χ2n) is 9.45. The first-order valence-corrected chi connectivity index (χ1v) is 13.2. The van der Waals surface area contributed by atoms with Crippen LogP contribution in [0.4, 0.5) is 0 Å². The summed E-state index contributed by atoms with van der Waals surface area (Å²) in [7, 11) is -1.62. The van der Waals surface area contributed by atoms with Crippen molar-refractivity contribution in [2.45, 2.75) is 32.4 Å². The maximum atomic E-state index is 2.51. The lowest BCUT2D eigenvalue weighted by atomic mass is 9.80. The molecular weight excluding hydrogens is 352 g/mol. The van der Waals surface area contributed by atoms with E-state index in [1.165, 1.54) is 44.2 Å². The smallest absolute Gasteiger partial charge is 0.0165 e. The first kappa shape index (κ1) is 16.3. The van der Waals surface area contributed by atoms with Crippen LogP contribution in [0.25, 0.3) is 33.0 Å². The van der Waals surface area contributed by atoms with Gasteiger partial charge in [-0.2, -0.15) is 23.5 Å². The minimum absolute atomic E-state index is 0.0325. The van der Waals surface area contributed by atoms with Gasteiger partial charge in [0.2, 0.25) is 0 Å². The molecule has 6 rings (SSSR count). The van der Waals surface area contributed by atoms with Crippen molar-refractivity contribution in [2.75, 3.05) is 0 Å². The number of benzene rings is 4. The van der Waals surface area contributed by atoms with E-state index in [9.17, 15) is 0 Å². The fourth-order valence-electron chi connectivity index (χ4n) is 5.82. The monoisotopic (exact) mass is 376 g/mol. The predicted molar refractivity (Wildman–Crippen MR) is 124 cm³/mol. The van der Waals surface area contributed by atoms with Crippen LogP contribution in [0.5, 0.6) is 0 Å². The molecule has 0 fully saturated rings. The van der Waals surface area contributed by atoms with Gasteiger partial charge in [-0.05, 0) is 39.1 Å². The number of hydrogen-bond donors (Lipinski definition) is 0. The lowest BCUT2D eigenvalue weighted by Gasteiger charge is -2.32. The Labute approximate surface area is 167 Å². The van der Waals surface area contributed by atoms with Gasteiger partial charge < -0.3 is 0 Å². The molecule has 0 saturated heterocycles. The zero-order valence-corrected chi connectivity index (χ0v) is 17.9. The lowest BCUT2D eigenvalue weighted by Crippen LogP contribution is -2.49. The minimum atomic E-state index is -1.62. The fraction of sp³-hybridized carbons (Fsp3) is 0.185. The summed E-state index contributed by atoms with van der Waals surface area (Å²) in [6.45, 7) is 9.77. The van der Waals surface area contributed by atoms with Crippen LogP contribution in [0, 0.1) is 0 Å². The molecule has 1 aliphatic carbocycles. The van der Waals surface area contributed by atoms with Gasteiger partial charge in [-0.15, -0.1) is 0 Å². The number of fused-ring (bicyclic) bond motifs is 8. The Morgan fingerprint density at radius 2 is 1.36 bits per heavy atom. The summed E-state index contributed by atoms with van der Waals surface area (Å²) in [4.78, 5) is 0. The minimum Gasteiger partial charge on any atom is -0.173 e. The highest BCUT2D eigenvalue weighted by atomic mass is 28.3. The van der Waals surface area contributed by atoms with Crippen LogP contribution >= 0.6 is 0 Å². The molecule has 1 heteroatoms. The molecule has 0 unspecified atom stereocenters. The van der Waals surface area contributed by atoms with Gasteiger partial charge in [0, 0.05) is 5.41 Å². The zero-order chi connectivity index (χ0) is 19.3. The van der Waals surface area contributed by atoms with E-state index in [4.69, 9.17) is 0 Å². The molecule has 2 aliphatic rings. The molecular formula is C27H24Si-. The molecule has 0 radical (unpaired) electrons. The Morgan fingerprint density at radius 3 is 2.18 bits per heavy atom. The second kappa shape index (κ2) is 5.04. The number of hydrogen-bond acceptors (Lipinski definition) is 0. The molecule has 0 nitrogen and oxygen atoms in total. The van der Waals surface area contributed by atoms with Crippen LogP contribution in [0.2, 0.25) is 13.1 Å². The quantitative estimate of drug-likeness (QED) is 0.333. The fourth-order valence-corrected chi connectivity index (χ4v) is 8.91. The SMILES string of the molecule is CC1(C)c2ccccc2-c2ccc3cc4c(cc3c21)-c1ccccc1[Si-]4(C)C. The summed E-state index contributed by atoms with van der Waals surface area (Å²) in [5.41, 5.74) is 8.73. The van der Waals surface area contributed by atoms with Crippen LogP contribution in [0.3, 0.4) is 0 Å². The Bertz CT molecular complexity index is 1310. The first-order valence-electron chi connectivity index (χ1n) is 10.2. The highest BCUT2D eigenvalue weighted by Crippen LogP contribution is 2.51. The standard InChI is InChI=1S/C27H24Si/c1-27(2)23-11-7-5-9-18(23)20-14-13-17-15-25-22(16-21(17)26(20)27)19-10-6-8-12-24(19)28(25,3)4/h5-16H,1-4H3/q-1. The van der Waals surface area contributed by atoms with Crippen LogP contribution in [0.15, 0.2) is 72.8 Å². The van der Waals surface area contributed by atoms with Crippen LogP contribution < -0.4 is 10.4 Å². The predicted octanol–water partition coefficient (Wildman–Crippen LogP) is 5.95. The summed E-state index contributed by atoms with van der Waals surface area (Å²) in [6.07, 6.45) is 0. The van der Waals surface area contributed by atoms with Crippen LogP contribution in [-0.2, 0) is 5.41 Å². The molecule has 0 bridgehead atoms. The molecule has 0 saturated carbocycles. The van der Waals surface area contributed by atoms with Crippen molar-refractivity contribution in [3.63, 3.8) is 0 Å². The maximum absolute atomic E-state index is 2.51. The summed E-state index contributed by atoms with van der Waals surface area (Å²) >= 11 is 0. The van der Waals surface area contributed by atoms with E-state index in [0.29, 0.717) is 0 Å². The summed E-state index contributed by atoms with van der Waals surface area (Å²) in [5, 5.41) is 6.00. The molecule has 137 valence electrons. The summed E-state index contributed by atoms with van der Waals surface area (Å²) in [5.74, 6) is 0. The van der Waals surface area contributed by atoms with Crippen molar-refractivity contribution in [2.24, 2.45) is 0 Å². The van der Waals surface area contributed by atoms with Gasteiger partial charge in [0.1, 0.15) is 0 Å². The first-order chi connectivity index (χ1) is 13.4. The van der Waals surface area contributed by atoms with Crippen molar-refractivity contribution in [1.82, 2.24) is 0 Å². The van der Waals surface area contributed by atoms with Gasteiger partial charge in [0.15, 0.2) is 0 Å². The highest BCUT2D eigenvalue weighted by Gasteiger charge is 2.37. The zero-order valence-electron chi connectivity index (χ0n) is 16.9. The van der Waals surface area contributed by atoms with Crippen molar-refractivity contribution in [1.29, 1.82) is 0 Å². The maximum Gasteiger partial charge on any atom is 0.0165 e. The molecule has 0 spiro atoms. The van der Waals surface area contributed by atoms with E-state index < -0.39 is 8.07 Å². The van der Waals surface area contributed by atoms with Crippen LogP contribution in [0.1, 0.15) is 25.0 Å². The third-order valence-corrected chi connectivity index (χ3v) is 10.8. The number of rotatable bonds is 0. The molecule has 0 atom stereocenters. The topological polar surface area (TPSA) is 0 Å². The van der Waals surface area contributed by atoms with E-state index in [1.807, 2.05) is 0 Å². The molecule has 0 aromatic heterocycles. The van der Waals surface area contributed by atoms with Gasteiger partial charge in [-0.25, -0.2) is 0 Å². The van der Waals surface area contributed by atoms with Crippen molar-refractivity contribution >= 4 is 29.2 Å². The third kappa shape index (κ3) is 1.81. The van der Waals surface area contributed by atoms with E-state index in [2.05, 4.69) is 99.7 Å². The molecule has 0 amide bonds. The Kier molecular flexibility index (Phi) is 2.94. The van der Waals surface area contributed by atoms with Crippen LogP contribution in [-0.4, -0.2) is 8.07 Å². The largest absolute Gasteiger partial charge is 0.173 e. The average Bonchev–Trinajstić information content (AvgIpc) is 3.07. The average molecular weight is 377 g/mol. The van der Waals surface area contributed by atoms with Crippen molar-refractivity contribution in [3.05, 3.63) is 83.9 Å². The third-order valence-electron chi connectivity index (χ3n) is 7.24. The molecule has 1 aliphatic heterocycles. The van der Waals surface area contributed by atoms with E-state index in [1.54, 1.807) is 10.4 Å². The molecule has 4 aromatic rings. The van der Waals surface area contributed by atoms with Gasteiger partial charge in [0.05, 0.1) is 0 Å². The van der Waals surface area contributed by atoms with Crippen molar-refractivity contribution < 1.29 is 0 Å². The van der Waals surface area contributed by atoms with E-state index >= 15 is 0 Å². The molecule has 1 heterocycles. The highest BCUT2D eigenvalue weighted by molar-refractivity contribution is 7.03. The summed E-state index contributed by atoms with van der Waals surface area (Å²) in [6, 6.07) is 27.7.